The summed E-state index contributed by atoms with van der Waals surface area (Å²) in [5.41, 5.74) is 5.96. The minimum Gasteiger partial charge on any atom is -0.397 e. The summed E-state index contributed by atoms with van der Waals surface area (Å²) < 4.78 is 26.7. The van der Waals surface area contributed by atoms with E-state index in [9.17, 15) is 8.78 Å². The van der Waals surface area contributed by atoms with Crippen molar-refractivity contribution >= 4 is 17.3 Å². The molecule has 0 saturated heterocycles. The molecule has 0 aromatic heterocycles. The van der Waals surface area contributed by atoms with E-state index in [2.05, 4.69) is 0 Å². The lowest BCUT2D eigenvalue weighted by Gasteiger charge is -2.14. The van der Waals surface area contributed by atoms with E-state index in [4.69, 9.17) is 17.3 Å². The predicted octanol–water partition coefficient (Wildman–Crippen LogP) is 3.63. The van der Waals surface area contributed by atoms with Gasteiger partial charge in [0.25, 0.3) is 0 Å². The Morgan fingerprint density at radius 3 is 2.14 bits per heavy atom. The summed E-state index contributed by atoms with van der Waals surface area (Å²) in [6.45, 7) is 4.88. The summed E-state index contributed by atoms with van der Waals surface area (Å²) >= 11 is 5.77. The highest BCUT2D eigenvalue weighted by molar-refractivity contribution is 6.34. The molecular weight excluding hydrogens is 208 g/mol. The fraction of sp³-hybridized carbons (Fsp3) is 0.400. The Kier molecular flexibility index (Phi) is 3.00. The zero-order valence-corrected chi connectivity index (χ0v) is 9.04. The highest BCUT2D eigenvalue weighted by Gasteiger charge is 2.21. The highest BCUT2D eigenvalue weighted by Crippen LogP contribution is 2.35. The number of rotatable bonds is 1. The van der Waals surface area contributed by atoms with Crippen LogP contribution >= 0.6 is 11.6 Å². The van der Waals surface area contributed by atoms with Crippen molar-refractivity contribution in [2.75, 3.05) is 5.73 Å². The van der Waals surface area contributed by atoms with Crippen LogP contribution in [-0.4, -0.2) is 0 Å². The number of benzene rings is 1. The van der Waals surface area contributed by atoms with E-state index >= 15 is 0 Å². The SMILES string of the molecule is Cc1c(F)c(F)c(C(C)C)c(N)c1Cl. The topological polar surface area (TPSA) is 26.0 Å². The normalized spacial score (nSPS) is 11.1. The van der Waals surface area contributed by atoms with Gasteiger partial charge in [-0.1, -0.05) is 25.4 Å². The van der Waals surface area contributed by atoms with Crippen LogP contribution in [-0.2, 0) is 0 Å². The van der Waals surface area contributed by atoms with Gasteiger partial charge in [0.1, 0.15) is 0 Å². The molecular formula is C10H12ClF2N. The average molecular weight is 220 g/mol. The quantitative estimate of drug-likeness (QED) is 0.567. The average Bonchev–Trinajstić information content (AvgIpc) is 2.11. The molecule has 0 unspecified atom stereocenters. The van der Waals surface area contributed by atoms with Gasteiger partial charge in [0.05, 0.1) is 10.7 Å². The van der Waals surface area contributed by atoms with Crippen molar-refractivity contribution in [2.45, 2.75) is 26.7 Å². The molecule has 0 aliphatic rings. The van der Waals surface area contributed by atoms with Crippen molar-refractivity contribution in [2.24, 2.45) is 0 Å². The molecule has 2 N–H and O–H groups in total. The molecule has 0 fully saturated rings. The fourth-order valence-electron chi connectivity index (χ4n) is 1.38. The van der Waals surface area contributed by atoms with Crippen LogP contribution in [0.3, 0.4) is 0 Å². The van der Waals surface area contributed by atoms with Gasteiger partial charge in [-0.2, -0.15) is 0 Å². The molecule has 1 nitrogen and oxygen atoms in total. The first-order valence-electron chi connectivity index (χ1n) is 4.30. The largest absolute Gasteiger partial charge is 0.397 e. The van der Waals surface area contributed by atoms with Gasteiger partial charge >= 0.3 is 0 Å². The van der Waals surface area contributed by atoms with Crippen molar-refractivity contribution in [1.29, 1.82) is 0 Å². The lowest BCUT2D eigenvalue weighted by molar-refractivity contribution is 0.490. The molecule has 0 spiro atoms. The monoisotopic (exact) mass is 219 g/mol. The minimum atomic E-state index is -0.909. The number of halogens is 3. The van der Waals surface area contributed by atoms with Gasteiger partial charge in [-0.15, -0.1) is 0 Å². The molecule has 1 aromatic rings. The van der Waals surface area contributed by atoms with Crippen LogP contribution < -0.4 is 5.73 Å². The van der Waals surface area contributed by atoms with Gasteiger partial charge in [-0.3, -0.25) is 0 Å². The first-order valence-corrected chi connectivity index (χ1v) is 4.68. The van der Waals surface area contributed by atoms with Crippen molar-refractivity contribution in [1.82, 2.24) is 0 Å². The van der Waals surface area contributed by atoms with E-state index in [0.717, 1.165) is 0 Å². The number of hydrogen-bond acceptors (Lipinski definition) is 1. The van der Waals surface area contributed by atoms with Gasteiger partial charge in [0.15, 0.2) is 11.6 Å². The smallest absolute Gasteiger partial charge is 0.164 e. The zero-order valence-electron chi connectivity index (χ0n) is 8.29. The molecule has 0 heterocycles. The Labute approximate surface area is 86.9 Å². The van der Waals surface area contributed by atoms with Crippen molar-refractivity contribution in [3.05, 3.63) is 27.8 Å². The second-order valence-electron chi connectivity index (χ2n) is 3.55. The van der Waals surface area contributed by atoms with Crippen molar-refractivity contribution < 1.29 is 8.78 Å². The summed E-state index contributed by atoms with van der Waals surface area (Å²) in [5, 5.41) is 0.104. The molecule has 4 heteroatoms. The molecule has 0 radical (unpaired) electrons. The van der Waals surface area contributed by atoms with Gasteiger partial charge in [0, 0.05) is 11.1 Å². The number of nitrogens with two attached hydrogens (primary N) is 1. The molecule has 1 aromatic carbocycles. The maximum absolute atomic E-state index is 13.4. The van der Waals surface area contributed by atoms with Crippen molar-refractivity contribution in [3.8, 4) is 0 Å². The summed E-state index contributed by atoms with van der Waals surface area (Å²) in [7, 11) is 0. The molecule has 14 heavy (non-hydrogen) atoms. The molecule has 0 aliphatic carbocycles. The summed E-state index contributed by atoms with van der Waals surface area (Å²) in [4.78, 5) is 0. The maximum Gasteiger partial charge on any atom is 0.164 e. The second-order valence-corrected chi connectivity index (χ2v) is 3.93. The molecule has 0 amide bonds. The third kappa shape index (κ3) is 1.57. The van der Waals surface area contributed by atoms with E-state index in [1.807, 2.05) is 0 Å². The third-order valence-corrected chi connectivity index (χ3v) is 2.68. The van der Waals surface area contributed by atoms with Gasteiger partial charge in [-0.05, 0) is 12.8 Å². The maximum atomic E-state index is 13.4. The number of nitrogen functional groups attached to an aromatic ring is 1. The van der Waals surface area contributed by atoms with E-state index in [1.54, 1.807) is 13.8 Å². The second kappa shape index (κ2) is 3.73. The van der Waals surface area contributed by atoms with Crippen LogP contribution in [0.25, 0.3) is 0 Å². The van der Waals surface area contributed by atoms with Crippen LogP contribution in [0.2, 0.25) is 5.02 Å². The number of anilines is 1. The Hall–Kier alpha value is -0.830. The van der Waals surface area contributed by atoms with Gasteiger partial charge < -0.3 is 5.73 Å². The Bertz CT molecular complexity index is 346. The third-order valence-electron chi connectivity index (χ3n) is 2.19. The van der Waals surface area contributed by atoms with Crippen LogP contribution in [0.15, 0.2) is 0 Å². The van der Waals surface area contributed by atoms with E-state index in [1.165, 1.54) is 6.92 Å². The Morgan fingerprint density at radius 1 is 1.21 bits per heavy atom. The Morgan fingerprint density at radius 2 is 1.71 bits per heavy atom. The summed E-state index contributed by atoms with van der Waals surface area (Å²) in [6, 6.07) is 0. The molecule has 1 rings (SSSR count). The van der Waals surface area contributed by atoms with E-state index < -0.39 is 11.6 Å². The molecule has 0 saturated carbocycles. The summed E-state index contributed by atoms with van der Waals surface area (Å²) in [5.74, 6) is -1.99. The molecule has 0 bridgehead atoms. The summed E-state index contributed by atoms with van der Waals surface area (Å²) in [6.07, 6.45) is 0. The zero-order chi connectivity index (χ0) is 11.0. The predicted molar refractivity (Wildman–Crippen MR) is 54.6 cm³/mol. The van der Waals surface area contributed by atoms with E-state index in [0.29, 0.717) is 0 Å². The van der Waals surface area contributed by atoms with Crippen molar-refractivity contribution in [3.63, 3.8) is 0 Å². The van der Waals surface area contributed by atoms with Crippen LogP contribution in [0.5, 0.6) is 0 Å². The first kappa shape index (κ1) is 11.2. The van der Waals surface area contributed by atoms with Crippen LogP contribution in [0, 0.1) is 18.6 Å². The van der Waals surface area contributed by atoms with Crippen LogP contribution in [0.4, 0.5) is 14.5 Å². The fourth-order valence-corrected chi connectivity index (χ4v) is 1.57. The number of hydrogen-bond donors (Lipinski definition) is 1. The highest BCUT2D eigenvalue weighted by atomic mass is 35.5. The van der Waals surface area contributed by atoms with E-state index in [-0.39, 0.29) is 27.8 Å². The first-order chi connectivity index (χ1) is 6.37. The van der Waals surface area contributed by atoms with Gasteiger partial charge in [0.2, 0.25) is 0 Å². The lowest BCUT2D eigenvalue weighted by atomic mass is 9.98. The minimum absolute atomic E-state index is 0.0612. The van der Waals surface area contributed by atoms with Crippen LogP contribution in [0.1, 0.15) is 30.9 Å². The molecule has 78 valence electrons. The Balaban J connectivity index is 3.60. The standard InChI is InChI=1S/C10H12ClF2N/c1-4(2)6-9(13)8(12)5(3)7(11)10(6)14/h4H,14H2,1-3H3. The lowest BCUT2D eigenvalue weighted by Crippen LogP contribution is -2.06. The van der Waals surface area contributed by atoms with Gasteiger partial charge in [-0.25, -0.2) is 8.78 Å². The molecule has 0 aliphatic heterocycles. The molecule has 0 atom stereocenters.